The summed E-state index contributed by atoms with van der Waals surface area (Å²) in [6, 6.07) is 21.3. The van der Waals surface area contributed by atoms with Crippen molar-refractivity contribution in [3.63, 3.8) is 0 Å². The number of halogens is 1. The summed E-state index contributed by atoms with van der Waals surface area (Å²) in [5.41, 5.74) is 2.72. The van der Waals surface area contributed by atoms with E-state index in [1.807, 2.05) is 13.2 Å². The van der Waals surface area contributed by atoms with Crippen molar-refractivity contribution in [3.05, 3.63) is 90.0 Å². The van der Waals surface area contributed by atoms with Crippen LogP contribution in [-0.2, 0) is 13.0 Å². The number of imidazole rings is 1. The molecule has 4 rings (SSSR count). The minimum absolute atomic E-state index is 0. The number of nitrogens with zero attached hydrogens (tertiary/aromatic N) is 4. The van der Waals surface area contributed by atoms with Crippen LogP contribution in [0.2, 0.25) is 0 Å². The molecule has 0 aliphatic carbocycles. The molecule has 2 aromatic carbocycles. The minimum Gasteiger partial charge on any atom is -0.356 e. The number of nitrogens with one attached hydrogen (secondary N) is 1. The lowest BCUT2D eigenvalue weighted by atomic mass is 9.99. The SMILES string of the molecule is CN=C(NCCc1nccn1Cc1ccccc1)N1CCC(c2ccccc2)C1.I. The van der Waals surface area contributed by atoms with Gasteiger partial charge in [-0.15, -0.1) is 24.0 Å². The van der Waals surface area contributed by atoms with E-state index in [0.717, 1.165) is 44.4 Å². The number of hydrogen-bond donors (Lipinski definition) is 1. The van der Waals surface area contributed by atoms with Crippen molar-refractivity contribution < 1.29 is 0 Å². The van der Waals surface area contributed by atoms with Crippen LogP contribution in [0.25, 0.3) is 0 Å². The molecule has 0 spiro atoms. The van der Waals surface area contributed by atoms with E-state index in [1.54, 1.807) is 0 Å². The van der Waals surface area contributed by atoms with Crippen LogP contribution in [-0.4, -0.2) is 47.1 Å². The van der Waals surface area contributed by atoms with Gasteiger partial charge in [-0.3, -0.25) is 4.99 Å². The maximum atomic E-state index is 4.55. The summed E-state index contributed by atoms with van der Waals surface area (Å²) in [6.45, 7) is 3.74. The summed E-state index contributed by atoms with van der Waals surface area (Å²) < 4.78 is 2.22. The molecule has 1 N–H and O–H groups in total. The van der Waals surface area contributed by atoms with Crippen molar-refractivity contribution in [3.8, 4) is 0 Å². The molecule has 0 amide bonds. The molecule has 0 bridgehead atoms. The van der Waals surface area contributed by atoms with E-state index < -0.39 is 0 Å². The monoisotopic (exact) mass is 515 g/mol. The maximum absolute atomic E-state index is 4.55. The Balaban J connectivity index is 0.00000256. The van der Waals surface area contributed by atoms with Gasteiger partial charge in [0.2, 0.25) is 0 Å². The summed E-state index contributed by atoms with van der Waals surface area (Å²) in [5, 5.41) is 3.54. The van der Waals surface area contributed by atoms with Crippen molar-refractivity contribution in [2.24, 2.45) is 4.99 Å². The first-order valence-corrected chi connectivity index (χ1v) is 10.4. The molecule has 1 aromatic heterocycles. The molecule has 1 saturated heterocycles. The summed E-state index contributed by atoms with van der Waals surface area (Å²) in [6.07, 6.45) is 5.99. The Morgan fingerprint density at radius 2 is 1.83 bits per heavy atom. The normalized spacial score (nSPS) is 16.4. The van der Waals surface area contributed by atoms with E-state index >= 15 is 0 Å². The zero-order valence-corrected chi connectivity index (χ0v) is 19.8. The van der Waals surface area contributed by atoms with Crippen LogP contribution in [0.15, 0.2) is 78.0 Å². The fourth-order valence-electron chi connectivity index (χ4n) is 4.06. The van der Waals surface area contributed by atoms with Gasteiger partial charge < -0.3 is 14.8 Å². The van der Waals surface area contributed by atoms with Gasteiger partial charge in [0.1, 0.15) is 5.82 Å². The molecule has 1 atom stereocenters. The Bertz CT molecular complexity index is 923. The maximum Gasteiger partial charge on any atom is 0.193 e. The smallest absolute Gasteiger partial charge is 0.193 e. The molecular formula is C24H30IN5. The third-order valence-corrected chi connectivity index (χ3v) is 5.60. The van der Waals surface area contributed by atoms with Crippen LogP contribution in [0.1, 0.15) is 29.3 Å². The summed E-state index contributed by atoms with van der Waals surface area (Å²) in [5.74, 6) is 2.67. The number of aliphatic imine (C=N–C) groups is 1. The van der Waals surface area contributed by atoms with Crippen molar-refractivity contribution in [1.29, 1.82) is 0 Å². The lowest BCUT2D eigenvalue weighted by Gasteiger charge is -2.22. The van der Waals surface area contributed by atoms with E-state index in [9.17, 15) is 0 Å². The molecule has 1 aliphatic heterocycles. The van der Waals surface area contributed by atoms with E-state index in [0.29, 0.717) is 5.92 Å². The summed E-state index contributed by atoms with van der Waals surface area (Å²) >= 11 is 0. The standard InChI is InChI=1S/C24H29N5.HI/c1-25-24(29-16-13-22(19-29)21-10-6-3-7-11-21)27-14-12-23-26-15-17-28(23)18-20-8-4-2-5-9-20;/h2-11,15,17,22H,12-14,16,18-19H2,1H3,(H,25,27);1H. The molecule has 158 valence electrons. The largest absolute Gasteiger partial charge is 0.356 e. The van der Waals surface area contributed by atoms with Crippen LogP contribution < -0.4 is 5.32 Å². The Morgan fingerprint density at radius 3 is 2.57 bits per heavy atom. The molecule has 1 aliphatic rings. The molecule has 1 fully saturated rings. The Labute approximate surface area is 196 Å². The molecule has 6 heteroatoms. The minimum atomic E-state index is 0. The molecular weight excluding hydrogens is 485 g/mol. The van der Waals surface area contributed by atoms with Crippen LogP contribution in [0, 0.1) is 0 Å². The molecule has 2 heterocycles. The second-order valence-corrected chi connectivity index (χ2v) is 7.52. The fourth-order valence-corrected chi connectivity index (χ4v) is 4.06. The van der Waals surface area contributed by atoms with Crippen LogP contribution in [0.4, 0.5) is 0 Å². The van der Waals surface area contributed by atoms with Gasteiger partial charge in [-0.05, 0) is 17.5 Å². The lowest BCUT2D eigenvalue weighted by Crippen LogP contribution is -2.40. The van der Waals surface area contributed by atoms with Gasteiger partial charge in [0.15, 0.2) is 5.96 Å². The number of hydrogen-bond acceptors (Lipinski definition) is 2. The van der Waals surface area contributed by atoms with Gasteiger partial charge in [-0.2, -0.15) is 0 Å². The van der Waals surface area contributed by atoms with Crippen molar-refractivity contribution >= 4 is 29.9 Å². The molecule has 0 saturated carbocycles. The number of rotatable bonds is 6. The summed E-state index contributed by atoms with van der Waals surface area (Å²) in [4.78, 5) is 11.4. The first-order chi connectivity index (χ1) is 14.3. The highest BCUT2D eigenvalue weighted by Crippen LogP contribution is 2.26. The lowest BCUT2D eigenvalue weighted by molar-refractivity contribution is 0.485. The predicted molar refractivity (Wildman–Crippen MR) is 134 cm³/mol. The van der Waals surface area contributed by atoms with Crippen molar-refractivity contribution in [2.75, 3.05) is 26.7 Å². The average molecular weight is 515 g/mol. The van der Waals surface area contributed by atoms with Crippen LogP contribution in [0.5, 0.6) is 0 Å². The van der Waals surface area contributed by atoms with Crippen molar-refractivity contribution in [2.45, 2.75) is 25.3 Å². The van der Waals surface area contributed by atoms with E-state index in [2.05, 4.69) is 91.6 Å². The van der Waals surface area contributed by atoms with Crippen LogP contribution in [0.3, 0.4) is 0 Å². The highest BCUT2D eigenvalue weighted by molar-refractivity contribution is 14.0. The van der Waals surface area contributed by atoms with E-state index in [1.165, 1.54) is 17.5 Å². The number of guanidine groups is 1. The quantitative estimate of drug-likeness (QED) is 0.305. The zero-order chi connectivity index (χ0) is 19.9. The average Bonchev–Trinajstić information content (AvgIpc) is 3.43. The number of benzene rings is 2. The third kappa shape index (κ3) is 5.62. The molecule has 5 nitrogen and oxygen atoms in total. The van der Waals surface area contributed by atoms with Gasteiger partial charge in [0.05, 0.1) is 0 Å². The molecule has 30 heavy (non-hydrogen) atoms. The second kappa shape index (κ2) is 11.2. The number of aromatic nitrogens is 2. The predicted octanol–water partition coefficient (Wildman–Crippen LogP) is 4.16. The first-order valence-electron chi connectivity index (χ1n) is 10.4. The Kier molecular flexibility index (Phi) is 8.30. The number of likely N-dealkylation sites (tertiary alicyclic amines) is 1. The van der Waals surface area contributed by atoms with Gasteiger partial charge in [0.25, 0.3) is 0 Å². The van der Waals surface area contributed by atoms with Gasteiger partial charge in [0, 0.05) is 58.0 Å². The van der Waals surface area contributed by atoms with Gasteiger partial charge >= 0.3 is 0 Å². The highest BCUT2D eigenvalue weighted by Gasteiger charge is 2.25. The molecule has 0 radical (unpaired) electrons. The van der Waals surface area contributed by atoms with Gasteiger partial charge in [-0.1, -0.05) is 60.7 Å². The Hall–Kier alpha value is -2.35. The topological polar surface area (TPSA) is 45.5 Å². The highest BCUT2D eigenvalue weighted by atomic mass is 127. The van der Waals surface area contributed by atoms with E-state index in [-0.39, 0.29) is 24.0 Å². The van der Waals surface area contributed by atoms with E-state index in [4.69, 9.17) is 0 Å². The fraction of sp³-hybridized carbons (Fsp3) is 0.333. The van der Waals surface area contributed by atoms with Gasteiger partial charge in [-0.25, -0.2) is 4.98 Å². The molecule has 1 unspecified atom stereocenters. The third-order valence-electron chi connectivity index (χ3n) is 5.60. The second-order valence-electron chi connectivity index (χ2n) is 7.52. The first kappa shape index (κ1) is 22.3. The zero-order valence-electron chi connectivity index (χ0n) is 17.4. The van der Waals surface area contributed by atoms with Crippen LogP contribution >= 0.6 is 24.0 Å². The molecule has 3 aromatic rings. The van der Waals surface area contributed by atoms with Crippen molar-refractivity contribution in [1.82, 2.24) is 19.8 Å². The Morgan fingerprint density at radius 1 is 1.10 bits per heavy atom. The summed E-state index contributed by atoms with van der Waals surface area (Å²) in [7, 11) is 1.87.